The van der Waals surface area contributed by atoms with Crippen LogP contribution in [0.5, 0.6) is 0 Å². The van der Waals surface area contributed by atoms with E-state index in [-0.39, 0.29) is 6.10 Å². The minimum Gasteiger partial charge on any atom is -0.363 e. The molecular formula is C26H22IN3O. The van der Waals surface area contributed by atoms with Crippen molar-refractivity contribution in [1.29, 1.82) is 5.26 Å². The van der Waals surface area contributed by atoms with Crippen molar-refractivity contribution in [2.24, 2.45) is 7.05 Å². The monoisotopic (exact) mass is 519 g/mol. The van der Waals surface area contributed by atoms with Crippen molar-refractivity contribution in [3.8, 4) is 17.2 Å². The fourth-order valence-electron chi connectivity index (χ4n) is 3.70. The Balaban J connectivity index is 1.76. The van der Waals surface area contributed by atoms with Crippen molar-refractivity contribution >= 4 is 22.6 Å². The lowest BCUT2D eigenvalue weighted by molar-refractivity contribution is 0.0622. The van der Waals surface area contributed by atoms with E-state index in [0.717, 1.165) is 33.5 Å². The number of hydrogen-bond donors (Lipinski definition) is 0. The van der Waals surface area contributed by atoms with Gasteiger partial charge in [0.25, 0.3) is 0 Å². The molecule has 0 unspecified atom stereocenters. The van der Waals surface area contributed by atoms with Crippen LogP contribution in [0, 0.1) is 21.8 Å². The smallest absolute Gasteiger partial charge is 0.124 e. The molecule has 0 spiro atoms. The lowest BCUT2D eigenvalue weighted by Crippen LogP contribution is -2.11. The Labute approximate surface area is 196 Å². The second kappa shape index (κ2) is 9.46. The molecule has 5 heteroatoms. The number of aryl methyl sites for hydroxylation is 2. The van der Waals surface area contributed by atoms with Gasteiger partial charge in [-0.3, -0.25) is 0 Å². The highest BCUT2D eigenvalue weighted by Gasteiger charge is 2.20. The number of ether oxygens (including phenoxy) is 1. The number of aromatic nitrogens is 2. The van der Waals surface area contributed by atoms with Crippen LogP contribution in [-0.2, 0) is 18.4 Å². The summed E-state index contributed by atoms with van der Waals surface area (Å²) in [6, 6.07) is 24.7. The molecule has 154 valence electrons. The summed E-state index contributed by atoms with van der Waals surface area (Å²) in [5.41, 5.74) is 6.84. The molecule has 0 aliphatic heterocycles. The maximum absolute atomic E-state index is 9.71. The fraction of sp³-hybridized carbons (Fsp3) is 0.154. The maximum Gasteiger partial charge on any atom is 0.124 e. The van der Waals surface area contributed by atoms with Crippen LogP contribution >= 0.6 is 22.6 Å². The quantitative estimate of drug-likeness (QED) is 0.286. The minimum atomic E-state index is -0.305. The van der Waals surface area contributed by atoms with Crippen LogP contribution in [0.25, 0.3) is 11.1 Å². The van der Waals surface area contributed by atoms with Gasteiger partial charge in [0.1, 0.15) is 6.10 Å². The molecule has 0 amide bonds. The highest BCUT2D eigenvalue weighted by molar-refractivity contribution is 14.1. The van der Waals surface area contributed by atoms with Gasteiger partial charge in [-0.15, -0.1) is 0 Å². The van der Waals surface area contributed by atoms with Gasteiger partial charge in [0, 0.05) is 16.2 Å². The third kappa shape index (κ3) is 4.71. The highest BCUT2D eigenvalue weighted by atomic mass is 127. The molecule has 0 N–H and O–H groups in total. The number of benzene rings is 3. The molecule has 0 saturated heterocycles. The Morgan fingerprint density at radius 1 is 1.06 bits per heavy atom. The van der Waals surface area contributed by atoms with E-state index < -0.39 is 0 Å². The summed E-state index contributed by atoms with van der Waals surface area (Å²) in [4.78, 5) is 4.30. The Hall–Kier alpha value is -2.95. The van der Waals surface area contributed by atoms with Gasteiger partial charge >= 0.3 is 0 Å². The van der Waals surface area contributed by atoms with E-state index >= 15 is 0 Å². The molecule has 1 aromatic heterocycles. The first kappa shape index (κ1) is 21.3. The SMILES string of the molecule is Cc1ccccc1-c1cc([C@@H](OCc2cccc(I)c2)c2cncn2C)ccc1C#N. The summed E-state index contributed by atoms with van der Waals surface area (Å²) in [7, 11) is 1.97. The van der Waals surface area contributed by atoms with Crippen LogP contribution in [0.3, 0.4) is 0 Å². The first-order valence-corrected chi connectivity index (χ1v) is 11.1. The number of nitriles is 1. The lowest BCUT2D eigenvalue weighted by Gasteiger charge is -2.21. The maximum atomic E-state index is 9.71. The van der Waals surface area contributed by atoms with E-state index in [1.165, 1.54) is 3.57 Å². The van der Waals surface area contributed by atoms with Crippen molar-refractivity contribution < 1.29 is 4.74 Å². The topological polar surface area (TPSA) is 50.8 Å². The molecular weight excluding hydrogens is 497 g/mol. The van der Waals surface area contributed by atoms with Crippen LogP contribution in [0.15, 0.2) is 79.3 Å². The van der Waals surface area contributed by atoms with Gasteiger partial charge in [-0.05, 0) is 76.0 Å². The molecule has 31 heavy (non-hydrogen) atoms. The average molecular weight is 519 g/mol. The number of hydrogen-bond acceptors (Lipinski definition) is 3. The first-order valence-electron chi connectivity index (χ1n) is 9.99. The number of halogens is 1. The predicted molar refractivity (Wildman–Crippen MR) is 130 cm³/mol. The van der Waals surface area contributed by atoms with Crippen molar-refractivity contribution in [2.45, 2.75) is 19.6 Å². The Kier molecular flexibility index (Phi) is 6.50. The van der Waals surface area contributed by atoms with E-state index in [1.54, 1.807) is 6.33 Å². The predicted octanol–water partition coefficient (Wildman–Crippen LogP) is 6.18. The van der Waals surface area contributed by atoms with Crippen molar-refractivity contribution in [3.63, 3.8) is 0 Å². The molecule has 0 radical (unpaired) electrons. The summed E-state index contributed by atoms with van der Waals surface area (Å²) in [6.45, 7) is 2.54. The molecule has 1 atom stereocenters. The first-order chi connectivity index (χ1) is 15.1. The van der Waals surface area contributed by atoms with E-state index in [4.69, 9.17) is 4.74 Å². The highest BCUT2D eigenvalue weighted by Crippen LogP contribution is 2.33. The summed E-state index contributed by atoms with van der Waals surface area (Å²) in [6.07, 6.45) is 3.31. The van der Waals surface area contributed by atoms with E-state index in [0.29, 0.717) is 12.2 Å². The molecule has 4 rings (SSSR count). The standard InChI is InChI=1S/C26H22IN3O/c1-18-6-3-4-9-23(18)24-13-20(10-11-21(24)14-28)26(25-15-29-17-30(25)2)31-16-19-7-5-8-22(27)12-19/h3-13,15,17,26H,16H2,1-2H3/t26-/m1/s1. The zero-order valence-corrected chi connectivity index (χ0v) is 19.6. The second-order valence-corrected chi connectivity index (χ2v) is 8.73. The van der Waals surface area contributed by atoms with Gasteiger partial charge in [0.2, 0.25) is 0 Å². The normalized spacial score (nSPS) is 11.8. The van der Waals surface area contributed by atoms with E-state index in [2.05, 4.69) is 77.0 Å². The molecule has 0 fully saturated rings. The zero-order valence-electron chi connectivity index (χ0n) is 17.4. The Morgan fingerprint density at radius 3 is 2.61 bits per heavy atom. The largest absolute Gasteiger partial charge is 0.363 e. The second-order valence-electron chi connectivity index (χ2n) is 7.48. The Bertz CT molecular complexity index is 1260. The van der Waals surface area contributed by atoms with E-state index in [9.17, 15) is 5.26 Å². The molecule has 0 aliphatic carbocycles. The molecule has 1 heterocycles. The zero-order chi connectivity index (χ0) is 21.8. The molecule has 0 saturated carbocycles. The summed E-state index contributed by atoms with van der Waals surface area (Å²) in [5, 5.41) is 9.71. The van der Waals surface area contributed by atoms with Crippen LogP contribution in [-0.4, -0.2) is 9.55 Å². The van der Waals surface area contributed by atoms with Gasteiger partial charge in [-0.25, -0.2) is 4.98 Å². The summed E-state index contributed by atoms with van der Waals surface area (Å²) < 4.78 is 9.60. The van der Waals surface area contributed by atoms with E-state index in [1.807, 2.05) is 48.1 Å². The summed E-state index contributed by atoms with van der Waals surface area (Å²) in [5.74, 6) is 0. The van der Waals surface area contributed by atoms with Gasteiger partial charge in [-0.1, -0.05) is 42.5 Å². The number of imidazole rings is 1. The van der Waals surface area contributed by atoms with Crippen LogP contribution in [0.2, 0.25) is 0 Å². The van der Waals surface area contributed by atoms with Crippen molar-refractivity contribution in [2.75, 3.05) is 0 Å². The number of rotatable bonds is 6. The van der Waals surface area contributed by atoms with Crippen molar-refractivity contribution in [3.05, 3.63) is 111 Å². The fourth-order valence-corrected chi connectivity index (χ4v) is 4.31. The van der Waals surface area contributed by atoms with Gasteiger partial charge in [0.05, 0.1) is 36.5 Å². The molecule has 0 bridgehead atoms. The lowest BCUT2D eigenvalue weighted by atomic mass is 9.93. The Morgan fingerprint density at radius 2 is 1.90 bits per heavy atom. The van der Waals surface area contributed by atoms with Gasteiger partial charge in [0.15, 0.2) is 0 Å². The number of nitrogens with zero attached hydrogens (tertiary/aromatic N) is 3. The molecule has 0 aliphatic rings. The third-order valence-electron chi connectivity index (χ3n) is 5.33. The molecule has 4 aromatic rings. The minimum absolute atomic E-state index is 0.305. The van der Waals surface area contributed by atoms with Crippen LogP contribution in [0.4, 0.5) is 0 Å². The van der Waals surface area contributed by atoms with Crippen LogP contribution < -0.4 is 0 Å². The molecule has 3 aromatic carbocycles. The third-order valence-corrected chi connectivity index (χ3v) is 6.00. The van der Waals surface area contributed by atoms with Crippen molar-refractivity contribution in [1.82, 2.24) is 9.55 Å². The van der Waals surface area contributed by atoms with Gasteiger partial charge < -0.3 is 9.30 Å². The summed E-state index contributed by atoms with van der Waals surface area (Å²) >= 11 is 2.31. The van der Waals surface area contributed by atoms with Crippen LogP contribution in [0.1, 0.15) is 34.1 Å². The average Bonchev–Trinajstić information content (AvgIpc) is 3.20. The van der Waals surface area contributed by atoms with Gasteiger partial charge in [-0.2, -0.15) is 5.26 Å². The molecule has 4 nitrogen and oxygen atoms in total.